The number of benzene rings is 1. The van der Waals surface area contributed by atoms with Crippen LogP contribution in [0.1, 0.15) is 26.3 Å². The van der Waals surface area contributed by atoms with Crippen molar-refractivity contribution >= 4 is 5.69 Å². The van der Waals surface area contributed by atoms with Crippen molar-refractivity contribution in [3.05, 3.63) is 73.7 Å². The van der Waals surface area contributed by atoms with Crippen molar-refractivity contribution < 1.29 is 14.4 Å². The molecule has 0 radical (unpaired) electrons. The maximum atomic E-state index is 13.2. The molecule has 0 N–H and O–H groups in total. The van der Waals surface area contributed by atoms with Gasteiger partial charge in [-0.2, -0.15) is 5.10 Å². The van der Waals surface area contributed by atoms with Gasteiger partial charge in [-0.1, -0.05) is 18.2 Å². The van der Waals surface area contributed by atoms with Crippen molar-refractivity contribution in [1.29, 1.82) is 0 Å². The monoisotopic (exact) mass is 415 g/mol. The maximum Gasteiger partial charge on any atom is 0.358 e. The first-order chi connectivity index (χ1) is 14.3. The summed E-state index contributed by atoms with van der Waals surface area (Å²) in [4.78, 5) is 37.2. The molecule has 2 aromatic heterocycles. The molecule has 2 heterocycles. The van der Waals surface area contributed by atoms with Gasteiger partial charge in [0.05, 0.1) is 16.8 Å². The Labute approximate surface area is 170 Å². The van der Waals surface area contributed by atoms with E-state index in [0.29, 0.717) is 10.3 Å². The molecule has 1 aromatic carbocycles. The highest BCUT2D eigenvalue weighted by Crippen LogP contribution is 2.29. The summed E-state index contributed by atoms with van der Waals surface area (Å²) < 4.78 is 13.6. The van der Waals surface area contributed by atoms with E-state index in [0.717, 1.165) is 4.57 Å². The molecule has 0 aliphatic rings. The zero-order valence-electron chi connectivity index (χ0n) is 16.9. The fourth-order valence-corrected chi connectivity index (χ4v) is 3.10. The smallest absolute Gasteiger partial charge is 0.358 e. The minimum atomic E-state index is -1.07. The second-order valence-corrected chi connectivity index (χ2v) is 6.46. The summed E-state index contributed by atoms with van der Waals surface area (Å²) in [6.45, 7) is 2.99. The molecule has 0 aliphatic heterocycles. The Hall–Kier alpha value is -3.57. The molecule has 0 fully saturated rings. The first-order valence-corrected chi connectivity index (χ1v) is 9.03. The molecular weight excluding hydrogens is 394 g/mol. The molecule has 2 unspecified atom stereocenters. The third-order valence-electron chi connectivity index (χ3n) is 4.77. The van der Waals surface area contributed by atoms with Crippen LogP contribution in [0.4, 0.5) is 5.69 Å². The summed E-state index contributed by atoms with van der Waals surface area (Å²) in [5, 5.41) is 16.1. The molecule has 11 nitrogen and oxygen atoms in total. The molecule has 0 saturated carbocycles. The zero-order valence-corrected chi connectivity index (χ0v) is 16.9. The van der Waals surface area contributed by atoms with E-state index < -0.39 is 34.3 Å². The van der Waals surface area contributed by atoms with Crippen molar-refractivity contribution in [2.24, 2.45) is 0 Å². The SMILES string of the molecule is COC(C)n1c(-c2cnn(-c3ccccc3)c2)c([N+](=O)[O-])c(=O)n(C(C)OC)c1=O. The highest BCUT2D eigenvalue weighted by atomic mass is 16.6. The van der Waals surface area contributed by atoms with E-state index >= 15 is 0 Å². The Morgan fingerprint density at radius 3 is 2.20 bits per heavy atom. The van der Waals surface area contributed by atoms with Gasteiger partial charge in [0.1, 0.15) is 18.1 Å². The predicted molar refractivity (Wildman–Crippen MR) is 108 cm³/mol. The van der Waals surface area contributed by atoms with E-state index in [4.69, 9.17) is 9.47 Å². The number of nitro groups is 1. The molecule has 0 spiro atoms. The Kier molecular flexibility index (Phi) is 5.94. The third-order valence-corrected chi connectivity index (χ3v) is 4.77. The summed E-state index contributed by atoms with van der Waals surface area (Å²) in [6.07, 6.45) is 0.957. The Morgan fingerprint density at radius 1 is 1.03 bits per heavy atom. The average Bonchev–Trinajstić information content (AvgIpc) is 3.23. The van der Waals surface area contributed by atoms with Crippen molar-refractivity contribution in [2.45, 2.75) is 26.3 Å². The number of ether oxygens (including phenoxy) is 2. The highest BCUT2D eigenvalue weighted by molar-refractivity contribution is 5.68. The van der Waals surface area contributed by atoms with Crippen LogP contribution in [0, 0.1) is 10.1 Å². The zero-order chi connectivity index (χ0) is 22.0. The van der Waals surface area contributed by atoms with E-state index in [9.17, 15) is 19.7 Å². The van der Waals surface area contributed by atoms with E-state index in [-0.39, 0.29) is 11.3 Å². The van der Waals surface area contributed by atoms with Crippen LogP contribution in [-0.4, -0.2) is 38.1 Å². The largest absolute Gasteiger partial charge is 0.361 e. The van der Waals surface area contributed by atoms with Gasteiger partial charge in [0.15, 0.2) is 0 Å². The standard InChI is InChI=1S/C19H21N5O6/c1-12(29-3)22-16(14-10-20-21(11-14)15-8-6-5-7-9-15)17(24(27)28)18(25)23(19(22)26)13(2)30-4/h5-13H,1-4H3. The molecule has 0 bridgehead atoms. The molecule has 3 rings (SSSR count). The molecule has 0 amide bonds. The lowest BCUT2D eigenvalue weighted by Gasteiger charge is -2.21. The summed E-state index contributed by atoms with van der Waals surface area (Å²) in [6, 6.07) is 9.07. The van der Waals surface area contributed by atoms with Crippen molar-refractivity contribution in [2.75, 3.05) is 14.2 Å². The third kappa shape index (κ3) is 3.55. The molecule has 3 aromatic rings. The fraction of sp³-hybridized carbons (Fsp3) is 0.316. The lowest BCUT2D eigenvalue weighted by atomic mass is 10.2. The highest BCUT2D eigenvalue weighted by Gasteiger charge is 2.33. The first-order valence-electron chi connectivity index (χ1n) is 9.03. The summed E-state index contributed by atoms with van der Waals surface area (Å²) in [7, 11) is 2.65. The van der Waals surface area contributed by atoms with Crippen molar-refractivity contribution in [3.63, 3.8) is 0 Å². The molecule has 11 heteroatoms. The van der Waals surface area contributed by atoms with E-state index in [1.807, 2.05) is 18.2 Å². The topological polar surface area (TPSA) is 123 Å². The van der Waals surface area contributed by atoms with Crippen LogP contribution in [0.5, 0.6) is 0 Å². The number of aromatic nitrogens is 4. The summed E-state index contributed by atoms with van der Waals surface area (Å²) in [5.74, 6) is 0. The number of methoxy groups -OCH3 is 2. The van der Waals surface area contributed by atoms with E-state index in [1.165, 1.54) is 38.2 Å². The van der Waals surface area contributed by atoms with Gasteiger partial charge in [-0.05, 0) is 26.0 Å². The maximum absolute atomic E-state index is 13.2. The quantitative estimate of drug-likeness (QED) is 0.427. The Bertz CT molecular complexity index is 1180. The van der Waals surface area contributed by atoms with Crippen LogP contribution in [0.2, 0.25) is 0 Å². The van der Waals surface area contributed by atoms with Crippen LogP contribution in [0.25, 0.3) is 16.9 Å². The Morgan fingerprint density at radius 2 is 1.63 bits per heavy atom. The molecule has 0 saturated heterocycles. The van der Waals surface area contributed by atoms with Gasteiger partial charge in [-0.3, -0.25) is 19.5 Å². The number of rotatable bonds is 7. The lowest BCUT2D eigenvalue weighted by molar-refractivity contribution is -0.386. The second-order valence-electron chi connectivity index (χ2n) is 6.46. The Balaban J connectivity index is 2.39. The minimum absolute atomic E-state index is 0.189. The number of hydrogen-bond acceptors (Lipinski definition) is 7. The summed E-state index contributed by atoms with van der Waals surface area (Å²) in [5.41, 5.74) is -1.89. The lowest BCUT2D eigenvalue weighted by Crippen LogP contribution is -2.44. The number of para-hydroxylation sites is 1. The number of hydrogen-bond donors (Lipinski definition) is 0. The van der Waals surface area contributed by atoms with Gasteiger partial charge in [0, 0.05) is 26.0 Å². The van der Waals surface area contributed by atoms with Crippen molar-refractivity contribution in [1.82, 2.24) is 18.9 Å². The van der Waals surface area contributed by atoms with Crippen LogP contribution < -0.4 is 11.2 Å². The van der Waals surface area contributed by atoms with E-state index in [1.54, 1.807) is 19.1 Å². The van der Waals surface area contributed by atoms with Gasteiger partial charge >= 0.3 is 16.9 Å². The minimum Gasteiger partial charge on any atom is -0.361 e. The van der Waals surface area contributed by atoms with Crippen molar-refractivity contribution in [3.8, 4) is 16.9 Å². The second kappa shape index (κ2) is 8.43. The van der Waals surface area contributed by atoms with Crippen LogP contribution in [-0.2, 0) is 9.47 Å². The number of nitrogens with zero attached hydrogens (tertiary/aromatic N) is 5. The molecule has 0 aliphatic carbocycles. The molecule has 158 valence electrons. The molecule has 2 atom stereocenters. The summed E-state index contributed by atoms with van der Waals surface area (Å²) >= 11 is 0. The first kappa shape index (κ1) is 21.1. The van der Waals surface area contributed by atoms with Gasteiger partial charge in [-0.15, -0.1) is 0 Å². The van der Waals surface area contributed by atoms with Gasteiger partial charge in [0.2, 0.25) is 0 Å². The van der Waals surface area contributed by atoms with Crippen LogP contribution >= 0.6 is 0 Å². The average molecular weight is 415 g/mol. The van der Waals surface area contributed by atoms with Crippen LogP contribution in [0.15, 0.2) is 52.3 Å². The van der Waals surface area contributed by atoms with Gasteiger partial charge < -0.3 is 9.47 Å². The van der Waals surface area contributed by atoms with Gasteiger partial charge in [-0.25, -0.2) is 14.0 Å². The molecular formula is C19H21N5O6. The van der Waals surface area contributed by atoms with Crippen LogP contribution in [0.3, 0.4) is 0 Å². The normalized spacial score (nSPS) is 13.2. The van der Waals surface area contributed by atoms with E-state index in [2.05, 4.69) is 5.10 Å². The van der Waals surface area contributed by atoms with Gasteiger partial charge in [0.25, 0.3) is 0 Å². The predicted octanol–water partition coefficient (Wildman–Crippen LogP) is 2.10. The fourth-order valence-electron chi connectivity index (χ4n) is 3.10. The molecule has 30 heavy (non-hydrogen) atoms.